The fourth-order valence-electron chi connectivity index (χ4n) is 3.10. The Kier molecular flexibility index (Phi) is 7.83. The molecule has 168 valence electrons. The number of carbonyl (C=O) groups excluding carboxylic acids is 2. The summed E-state index contributed by atoms with van der Waals surface area (Å²) in [5.41, 5.74) is 0.490. The van der Waals surface area contributed by atoms with Crippen molar-refractivity contribution in [2.75, 3.05) is 25.5 Å². The molecule has 0 unspecified atom stereocenters. The molecule has 0 aliphatic heterocycles. The van der Waals surface area contributed by atoms with E-state index in [2.05, 4.69) is 15.6 Å². The molecule has 0 saturated carbocycles. The summed E-state index contributed by atoms with van der Waals surface area (Å²) in [6.07, 6.45) is 1.06. The third-order valence-corrected chi connectivity index (χ3v) is 5.18. The van der Waals surface area contributed by atoms with E-state index in [9.17, 15) is 14.0 Å². The molecule has 3 amide bonds. The number of halogens is 2. The van der Waals surface area contributed by atoms with Gasteiger partial charge in [-0.05, 0) is 23.1 Å². The first-order valence-corrected chi connectivity index (χ1v) is 10.4. The average Bonchev–Trinajstić information content (AvgIpc) is 2.78. The molecule has 3 aromatic rings. The van der Waals surface area contributed by atoms with Gasteiger partial charge in [0.15, 0.2) is 0 Å². The number of nitrogens with zero attached hydrogens (tertiary/aromatic N) is 2. The highest BCUT2D eigenvalue weighted by atomic mass is 35.5. The SMILES string of the molecule is C[C@H](COC(=O)Nc1cc2ccccc2cn1)CN(C)C(=O)NCc1cccc(F)c1Cl. The quantitative estimate of drug-likeness (QED) is 0.518. The van der Waals surface area contributed by atoms with Gasteiger partial charge in [-0.15, -0.1) is 0 Å². The maximum atomic E-state index is 13.5. The molecule has 0 fully saturated rings. The van der Waals surface area contributed by atoms with Gasteiger partial charge in [-0.3, -0.25) is 5.32 Å². The summed E-state index contributed by atoms with van der Waals surface area (Å²) >= 11 is 5.90. The second kappa shape index (κ2) is 10.8. The topological polar surface area (TPSA) is 83.6 Å². The fraction of sp³-hybridized carbons (Fsp3) is 0.261. The van der Waals surface area contributed by atoms with E-state index in [-0.39, 0.29) is 30.1 Å². The Morgan fingerprint density at radius 2 is 1.94 bits per heavy atom. The lowest BCUT2D eigenvalue weighted by molar-refractivity contribution is 0.134. The minimum atomic E-state index is -0.618. The molecule has 0 spiro atoms. The number of rotatable bonds is 7. The van der Waals surface area contributed by atoms with Gasteiger partial charge in [0, 0.05) is 37.6 Å². The number of fused-ring (bicyclic) bond motifs is 1. The van der Waals surface area contributed by atoms with Crippen molar-refractivity contribution in [3.05, 3.63) is 71.1 Å². The van der Waals surface area contributed by atoms with Crippen LogP contribution < -0.4 is 10.6 Å². The molecule has 0 saturated heterocycles. The predicted molar refractivity (Wildman–Crippen MR) is 122 cm³/mol. The second-order valence-electron chi connectivity index (χ2n) is 7.50. The lowest BCUT2D eigenvalue weighted by Gasteiger charge is -2.22. The predicted octanol–water partition coefficient (Wildman–Crippen LogP) is 5.05. The minimum absolute atomic E-state index is 0.0101. The Morgan fingerprint density at radius 1 is 1.19 bits per heavy atom. The lowest BCUT2D eigenvalue weighted by Crippen LogP contribution is -2.40. The van der Waals surface area contributed by atoms with E-state index >= 15 is 0 Å². The number of amides is 3. The molecule has 9 heteroatoms. The molecule has 0 radical (unpaired) electrons. The van der Waals surface area contributed by atoms with Crippen molar-refractivity contribution in [2.24, 2.45) is 5.92 Å². The van der Waals surface area contributed by atoms with Crippen molar-refractivity contribution in [1.29, 1.82) is 0 Å². The fourth-order valence-corrected chi connectivity index (χ4v) is 3.30. The van der Waals surface area contributed by atoms with Gasteiger partial charge >= 0.3 is 12.1 Å². The zero-order chi connectivity index (χ0) is 23.1. The number of benzene rings is 2. The first kappa shape index (κ1) is 23.3. The minimum Gasteiger partial charge on any atom is -0.449 e. The van der Waals surface area contributed by atoms with Crippen LogP contribution >= 0.6 is 11.6 Å². The number of ether oxygens (including phenoxy) is 1. The van der Waals surface area contributed by atoms with Crippen molar-refractivity contribution >= 4 is 40.3 Å². The van der Waals surface area contributed by atoms with Crippen LogP contribution in [0.15, 0.2) is 54.7 Å². The number of aromatic nitrogens is 1. The summed E-state index contributed by atoms with van der Waals surface area (Å²) < 4.78 is 18.7. The largest absolute Gasteiger partial charge is 0.449 e. The Bertz CT molecular complexity index is 1110. The Hall–Kier alpha value is -3.39. The van der Waals surface area contributed by atoms with Crippen LogP contribution in [-0.4, -0.2) is 42.2 Å². The highest BCUT2D eigenvalue weighted by Crippen LogP contribution is 2.19. The van der Waals surface area contributed by atoms with Gasteiger partial charge in [-0.2, -0.15) is 0 Å². The summed E-state index contributed by atoms with van der Waals surface area (Å²) in [7, 11) is 1.62. The summed E-state index contributed by atoms with van der Waals surface area (Å²) in [5, 5.41) is 7.22. The number of anilines is 1. The Morgan fingerprint density at radius 3 is 2.72 bits per heavy atom. The number of hydrogen-bond donors (Lipinski definition) is 2. The van der Waals surface area contributed by atoms with Gasteiger partial charge in [0.1, 0.15) is 11.6 Å². The lowest BCUT2D eigenvalue weighted by atomic mass is 10.2. The Labute approximate surface area is 190 Å². The zero-order valence-electron chi connectivity index (χ0n) is 17.8. The molecule has 3 rings (SSSR count). The molecule has 0 bridgehead atoms. The summed E-state index contributed by atoms with van der Waals surface area (Å²) in [6.45, 7) is 2.43. The van der Waals surface area contributed by atoms with Crippen LogP contribution in [-0.2, 0) is 11.3 Å². The average molecular weight is 459 g/mol. The molecule has 2 N–H and O–H groups in total. The summed E-state index contributed by atoms with van der Waals surface area (Å²) in [6, 6.07) is 13.5. The number of pyridine rings is 1. The third-order valence-electron chi connectivity index (χ3n) is 4.75. The van der Waals surface area contributed by atoms with E-state index in [0.29, 0.717) is 17.9 Å². The van der Waals surface area contributed by atoms with Crippen LogP contribution in [0, 0.1) is 11.7 Å². The molecule has 7 nitrogen and oxygen atoms in total. The first-order chi connectivity index (χ1) is 15.3. The maximum absolute atomic E-state index is 13.5. The van der Waals surface area contributed by atoms with Crippen LogP contribution in [0.1, 0.15) is 12.5 Å². The molecule has 32 heavy (non-hydrogen) atoms. The molecule has 0 aliphatic carbocycles. The van der Waals surface area contributed by atoms with Crippen LogP contribution in [0.3, 0.4) is 0 Å². The van der Waals surface area contributed by atoms with Crippen molar-refractivity contribution < 1.29 is 18.7 Å². The normalized spacial score (nSPS) is 11.6. The number of carbonyl (C=O) groups is 2. The van der Waals surface area contributed by atoms with E-state index in [0.717, 1.165) is 10.8 Å². The van der Waals surface area contributed by atoms with Crippen LogP contribution in [0.4, 0.5) is 19.8 Å². The van der Waals surface area contributed by atoms with E-state index in [4.69, 9.17) is 16.3 Å². The molecule has 1 atom stereocenters. The number of hydrogen-bond acceptors (Lipinski definition) is 4. The smallest absolute Gasteiger partial charge is 0.412 e. The maximum Gasteiger partial charge on any atom is 0.412 e. The first-order valence-electron chi connectivity index (χ1n) is 10.0. The van der Waals surface area contributed by atoms with Gasteiger partial charge in [0.05, 0.1) is 11.6 Å². The number of urea groups is 1. The molecular weight excluding hydrogens is 435 g/mol. The van der Waals surface area contributed by atoms with E-state index < -0.39 is 11.9 Å². The van der Waals surface area contributed by atoms with Crippen LogP contribution in [0.5, 0.6) is 0 Å². The van der Waals surface area contributed by atoms with Crippen molar-refractivity contribution in [1.82, 2.24) is 15.2 Å². The van der Waals surface area contributed by atoms with Crippen molar-refractivity contribution in [3.63, 3.8) is 0 Å². The Balaban J connectivity index is 1.41. The van der Waals surface area contributed by atoms with E-state index in [1.807, 2.05) is 31.2 Å². The molecule has 1 heterocycles. The van der Waals surface area contributed by atoms with Gasteiger partial charge in [-0.1, -0.05) is 54.9 Å². The molecule has 0 aliphatic rings. The van der Waals surface area contributed by atoms with Crippen LogP contribution in [0.25, 0.3) is 10.8 Å². The molecule has 2 aromatic carbocycles. The summed E-state index contributed by atoms with van der Waals surface area (Å²) in [5.74, 6) is -0.248. The number of nitrogens with one attached hydrogen (secondary N) is 2. The highest BCUT2D eigenvalue weighted by molar-refractivity contribution is 6.31. The van der Waals surface area contributed by atoms with Gasteiger partial charge in [0.25, 0.3) is 0 Å². The van der Waals surface area contributed by atoms with E-state index in [1.165, 1.54) is 17.0 Å². The van der Waals surface area contributed by atoms with Gasteiger partial charge in [-0.25, -0.2) is 19.0 Å². The summed E-state index contributed by atoms with van der Waals surface area (Å²) in [4.78, 5) is 30.0. The van der Waals surface area contributed by atoms with E-state index in [1.54, 1.807) is 25.4 Å². The third kappa shape index (κ3) is 6.31. The zero-order valence-corrected chi connectivity index (χ0v) is 18.5. The van der Waals surface area contributed by atoms with Gasteiger partial charge in [0.2, 0.25) is 0 Å². The van der Waals surface area contributed by atoms with Crippen molar-refractivity contribution in [3.8, 4) is 0 Å². The van der Waals surface area contributed by atoms with Crippen molar-refractivity contribution in [2.45, 2.75) is 13.5 Å². The standard InChI is InChI=1S/C23H24ClFN4O3/c1-15(13-29(2)22(30)27-12-18-8-5-9-19(25)21(18)24)14-32-23(31)28-20-10-16-6-3-4-7-17(16)11-26-20/h3-11,15H,12-14H2,1-2H3,(H,27,30)(H,26,28,31)/t15-/m0/s1. The molecule has 1 aromatic heterocycles. The monoisotopic (exact) mass is 458 g/mol. The highest BCUT2D eigenvalue weighted by Gasteiger charge is 2.15. The van der Waals surface area contributed by atoms with Crippen LogP contribution in [0.2, 0.25) is 5.02 Å². The molecular formula is C23H24ClFN4O3. The second-order valence-corrected chi connectivity index (χ2v) is 7.88. The van der Waals surface area contributed by atoms with Gasteiger partial charge < -0.3 is 15.0 Å².